The summed E-state index contributed by atoms with van der Waals surface area (Å²) in [5, 5.41) is 5.37. The Balaban J connectivity index is 1.44. The molecule has 7 nitrogen and oxygen atoms in total. The summed E-state index contributed by atoms with van der Waals surface area (Å²) in [5.41, 5.74) is 1.12. The van der Waals surface area contributed by atoms with Crippen LogP contribution in [0.1, 0.15) is 64.9 Å². The molecule has 2 fully saturated rings. The molecule has 2 aliphatic rings. The van der Waals surface area contributed by atoms with Crippen LogP contribution in [0.4, 0.5) is 0 Å². The highest BCUT2D eigenvalue weighted by molar-refractivity contribution is 5.90. The molecular formula is C32H41NO6. The Bertz CT molecular complexity index is 1200. The number of hydrogen-bond donors (Lipinski definition) is 1. The number of rotatable bonds is 13. The third-order valence-corrected chi connectivity index (χ3v) is 8.18. The number of carbonyl (C=O) groups excluding carboxylic acids is 4. The van der Waals surface area contributed by atoms with Crippen molar-refractivity contribution in [2.75, 3.05) is 7.11 Å². The maximum Gasteiger partial charge on any atom is 0.337 e. The lowest BCUT2D eigenvalue weighted by Gasteiger charge is -2.25. The van der Waals surface area contributed by atoms with E-state index in [1.165, 1.54) is 7.11 Å². The first-order chi connectivity index (χ1) is 18.7. The largest absolute Gasteiger partial charge is 0.467 e. The summed E-state index contributed by atoms with van der Waals surface area (Å²) in [5.74, 6) is -1.11. The molecule has 0 bridgehead atoms. The van der Waals surface area contributed by atoms with Crippen LogP contribution in [-0.2, 0) is 35.1 Å². The number of methoxy groups -OCH3 is 1. The summed E-state index contributed by atoms with van der Waals surface area (Å²) in [6.45, 7) is 6.01. The van der Waals surface area contributed by atoms with Gasteiger partial charge in [-0.2, -0.15) is 0 Å². The molecule has 0 radical (unpaired) electrons. The number of carbonyl (C=O) groups is 4. The maximum absolute atomic E-state index is 13.6. The molecule has 1 aliphatic carbocycles. The standard InChI is InChI=1S/C32H41NO6/c1-19(2)15-24(18-28(35)20(3)16-22-11-7-10-21-9-5-6-13-25(21)22)31(36)33-26(17-23-12-8-14-27(23)34)29-30(39-29)32(37)38-4/h5-7,9-11,13,19-20,23-24,26,29-30H,8,12,14-18H2,1-4H3,(H,33,36)/t20-,23-,24+,26-,29?,30?/m0/s1. The van der Waals surface area contributed by atoms with Gasteiger partial charge in [0.2, 0.25) is 5.91 Å². The molecule has 1 N–H and O–H groups in total. The molecule has 2 unspecified atom stereocenters. The Hall–Kier alpha value is -3.06. The Morgan fingerprint density at radius 1 is 1.08 bits per heavy atom. The van der Waals surface area contributed by atoms with Crippen LogP contribution in [-0.4, -0.2) is 48.8 Å². The van der Waals surface area contributed by atoms with E-state index < -0.39 is 30.1 Å². The third-order valence-electron chi connectivity index (χ3n) is 8.18. The summed E-state index contributed by atoms with van der Waals surface area (Å²) in [7, 11) is 1.30. The van der Waals surface area contributed by atoms with Gasteiger partial charge in [0, 0.05) is 30.6 Å². The number of hydrogen-bond acceptors (Lipinski definition) is 6. The van der Waals surface area contributed by atoms with E-state index in [1.54, 1.807) is 0 Å². The molecule has 39 heavy (non-hydrogen) atoms. The van der Waals surface area contributed by atoms with Crippen LogP contribution in [0.15, 0.2) is 42.5 Å². The summed E-state index contributed by atoms with van der Waals surface area (Å²) in [6, 6.07) is 13.8. The lowest BCUT2D eigenvalue weighted by Crippen LogP contribution is -2.45. The van der Waals surface area contributed by atoms with E-state index in [-0.39, 0.29) is 41.6 Å². The van der Waals surface area contributed by atoms with Gasteiger partial charge in [-0.25, -0.2) is 4.79 Å². The van der Waals surface area contributed by atoms with Crippen LogP contribution >= 0.6 is 0 Å². The van der Waals surface area contributed by atoms with Gasteiger partial charge in [-0.3, -0.25) is 14.4 Å². The Morgan fingerprint density at radius 3 is 2.51 bits per heavy atom. The van der Waals surface area contributed by atoms with Crippen LogP contribution in [0.2, 0.25) is 0 Å². The molecule has 2 aromatic carbocycles. The Labute approximate surface area is 231 Å². The second-order valence-corrected chi connectivity index (χ2v) is 11.7. The van der Waals surface area contributed by atoms with Crippen molar-refractivity contribution >= 4 is 34.2 Å². The van der Waals surface area contributed by atoms with Crippen LogP contribution in [0, 0.1) is 23.7 Å². The highest BCUT2D eigenvalue weighted by atomic mass is 16.6. The predicted octanol–water partition coefficient (Wildman–Crippen LogP) is 4.82. The van der Waals surface area contributed by atoms with E-state index in [0.717, 1.165) is 29.2 Å². The highest BCUT2D eigenvalue weighted by Gasteiger charge is 2.52. The molecule has 1 saturated heterocycles. The maximum atomic E-state index is 13.6. The van der Waals surface area contributed by atoms with E-state index in [4.69, 9.17) is 9.47 Å². The minimum atomic E-state index is -0.734. The second-order valence-electron chi connectivity index (χ2n) is 11.7. The molecule has 6 atom stereocenters. The van der Waals surface area contributed by atoms with Gasteiger partial charge in [-0.05, 0) is 54.4 Å². The van der Waals surface area contributed by atoms with Gasteiger partial charge >= 0.3 is 5.97 Å². The number of fused-ring (bicyclic) bond motifs is 1. The number of Topliss-reactive ketones (excluding diaryl/α,β-unsaturated/α-hetero) is 2. The quantitative estimate of drug-likeness (QED) is 0.291. The molecule has 4 rings (SSSR count). The second kappa shape index (κ2) is 12.9. The van der Waals surface area contributed by atoms with Crippen molar-refractivity contribution in [1.29, 1.82) is 0 Å². The SMILES string of the molecule is COC(=O)C1OC1[C@H](C[C@@H]1CCCC1=O)NC(=O)[C@@H](CC(=O)[C@@H](C)Cc1cccc2ccccc12)CC(C)C. The van der Waals surface area contributed by atoms with Gasteiger partial charge in [-0.1, -0.05) is 63.2 Å². The van der Waals surface area contributed by atoms with E-state index in [1.807, 2.05) is 39.0 Å². The van der Waals surface area contributed by atoms with Crippen molar-refractivity contribution < 1.29 is 28.7 Å². The molecule has 1 aliphatic heterocycles. The van der Waals surface area contributed by atoms with Crippen molar-refractivity contribution in [2.24, 2.45) is 23.7 Å². The van der Waals surface area contributed by atoms with Crippen LogP contribution < -0.4 is 5.32 Å². The number of benzene rings is 2. The molecule has 1 heterocycles. The minimum absolute atomic E-state index is 0.0568. The summed E-state index contributed by atoms with van der Waals surface area (Å²) in [6.07, 6.45) is 2.68. The van der Waals surface area contributed by atoms with Crippen molar-refractivity contribution in [3.05, 3.63) is 48.0 Å². The van der Waals surface area contributed by atoms with Crippen LogP contribution in [0.5, 0.6) is 0 Å². The zero-order valence-corrected chi connectivity index (χ0v) is 23.5. The van der Waals surface area contributed by atoms with E-state index in [2.05, 4.69) is 29.6 Å². The van der Waals surface area contributed by atoms with Crippen LogP contribution in [0.25, 0.3) is 10.8 Å². The first-order valence-corrected chi connectivity index (χ1v) is 14.2. The minimum Gasteiger partial charge on any atom is -0.467 e. The van der Waals surface area contributed by atoms with Crippen molar-refractivity contribution in [3.63, 3.8) is 0 Å². The topological polar surface area (TPSA) is 102 Å². The normalized spacial score (nSPS) is 22.9. The lowest BCUT2D eigenvalue weighted by atomic mass is 9.85. The smallest absolute Gasteiger partial charge is 0.337 e. The van der Waals surface area contributed by atoms with Crippen molar-refractivity contribution in [2.45, 2.75) is 84.0 Å². The van der Waals surface area contributed by atoms with Gasteiger partial charge in [-0.15, -0.1) is 0 Å². The average Bonchev–Trinajstić information content (AvgIpc) is 3.62. The summed E-state index contributed by atoms with van der Waals surface area (Å²) < 4.78 is 10.4. The van der Waals surface area contributed by atoms with Gasteiger partial charge in [0.05, 0.1) is 13.2 Å². The molecule has 1 amide bonds. The number of epoxide rings is 1. The zero-order valence-electron chi connectivity index (χ0n) is 23.5. The molecule has 210 valence electrons. The Kier molecular flexibility index (Phi) is 9.54. The number of amides is 1. The zero-order chi connectivity index (χ0) is 28.1. The van der Waals surface area contributed by atoms with E-state index in [9.17, 15) is 19.2 Å². The Morgan fingerprint density at radius 2 is 1.82 bits per heavy atom. The van der Waals surface area contributed by atoms with Crippen LogP contribution in [0.3, 0.4) is 0 Å². The fourth-order valence-electron chi connectivity index (χ4n) is 5.97. The van der Waals surface area contributed by atoms with Gasteiger partial charge < -0.3 is 14.8 Å². The summed E-state index contributed by atoms with van der Waals surface area (Å²) in [4.78, 5) is 51.4. The predicted molar refractivity (Wildman–Crippen MR) is 149 cm³/mol. The third kappa shape index (κ3) is 7.33. The molecule has 7 heteroatoms. The number of nitrogens with one attached hydrogen (secondary N) is 1. The highest BCUT2D eigenvalue weighted by Crippen LogP contribution is 2.34. The average molecular weight is 536 g/mol. The van der Waals surface area contributed by atoms with Crippen molar-refractivity contribution in [3.8, 4) is 0 Å². The van der Waals surface area contributed by atoms with Gasteiger partial charge in [0.25, 0.3) is 0 Å². The monoisotopic (exact) mass is 535 g/mol. The number of ether oxygens (including phenoxy) is 2. The van der Waals surface area contributed by atoms with Crippen molar-refractivity contribution in [1.82, 2.24) is 5.32 Å². The fourth-order valence-corrected chi connectivity index (χ4v) is 5.97. The number of esters is 1. The molecule has 0 spiro atoms. The number of ketones is 2. The van der Waals surface area contributed by atoms with E-state index in [0.29, 0.717) is 25.7 Å². The molecule has 1 saturated carbocycles. The lowest BCUT2D eigenvalue weighted by molar-refractivity contribution is -0.142. The molecule has 0 aromatic heterocycles. The fraction of sp³-hybridized carbons (Fsp3) is 0.562. The first-order valence-electron chi connectivity index (χ1n) is 14.2. The molecule has 2 aromatic rings. The molecular weight excluding hydrogens is 494 g/mol. The first kappa shape index (κ1) is 28.9. The van der Waals surface area contributed by atoms with Gasteiger partial charge in [0.1, 0.15) is 17.7 Å². The summed E-state index contributed by atoms with van der Waals surface area (Å²) >= 11 is 0. The van der Waals surface area contributed by atoms with E-state index >= 15 is 0 Å². The van der Waals surface area contributed by atoms with Gasteiger partial charge in [0.15, 0.2) is 6.10 Å².